The Bertz CT molecular complexity index is 749. The number of aliphatic hydroxyl groups is 1. The molecule has 3 heterocycles. The Morgan fingerprint density at radius 2 is 1.91 bits per heavy atom. The van der Waals surface area contributed by atoms with Gasteiger partial charge in [-0.1, -0.05) is 19.8 Å². The van der Waals surface area contributed by atoms with Gasteiger partial charge in [0.25, 0.3) is 0 Å². The summed E-state index contributed by atoms with van der Waals surface area (Å²) < 4.78 is 12.0. The molecule has 2 N–H and O–H groups in total. The maximum absolute atomic E-state index is 13.8. The number of rotatable bonds is 9. The van der Waals surface area contributed by atoms with Gasteiger partial charge in [0.05, 0.1) is 18.1 Å². The summed E-state index contributed by atoms with van der Waals surface area (Å²) in [6, 6.07) is -0.777. The van der Waals surface area contributed by atoms with Crippen molar-refractivity contribution in [2.75, 3.05) is 19.8 Å². The first kappa shape index (κ1) is 25.0. The molecule has 3 unspecified atom stereocenters. The number of hydrogen-bond acceptors (Lipinski definition) is 6. The van der Waals surface area contributed by atoms with E-state index >= 15 is 0 Å². The van der Waals surface area contributed by atoms with E-state index in [2.05, 4.69) is 5.32 Å². The topological polar surface area (TPSA) is 105 Å². The maximum atomic E-state index is 13.8. The second-order valence-corrected chi connectivity index (χ2v) is 10.9. The molecule has 3 rings (SSSR count). The Morgan fingerprint density at radius 3 is 2.50 bits per heavy atom. The minimum atomic E-state index is -1.02. The number of nitrogens with one attached hydrogen (secondary N) is 1. The summed E-state index contributed by atoms with van der Waals surface area (Å²) >= 11 is 0. The zero-order valence-corrected chi connectivity index (χ0v) is 20.4. The fourth-order valence-electron chi connectivity index (χ4n) is 6.06. The number of carbonyl (C=O) groups excluding carboxylic acids is 3. The molecule has 0 aromatic heterocycles. The third-order valence-electron chi connectivity index (χ3n) is 7.41. The summed E-state index contributed by atoms with van der Waals surface area (Å²) in [5.41, 5.74) is -2.32. The van der Waals surface area contributed by atoms with Crippen LogP contribution in [0.1, 0.15) is 73.6 Å². The second-order valence-electron chi connectivity index (χ2n) is 10.9. The molecule has 0 aliphatic carbocycles. The van der Waals surface area contributed by atoms with Gasteiger partial charge in [-0.2, -0.15) is 0 Å². The Balaban J connectivity index is 1.97. The molecular weight excluding hydrogens is 412 g/mol. The van der Waals surface area contributed by atoms with Crippen molar-refractivity contribution in [1.29, 1.82) is 0 Å². The number of ether oxygens (including phenoxy) is 2. The number of likely N-dealkylation sites (tertiary alicyclic amines) is 1. The van der Waals surface area contributed by atoms with E-state index in [9.17, 15) is 14.4 Å². The van der Waals surface area contributed by atoms with E-state index in [1.165, 1.54) is 0 Å². The number of amides is 2. The Morgan fingerprint density at radius 1 is 1.25 bits per heavy atom. The fraction of sp³-hybridized carbons (Fsp3) is 0.875. The molecule has 0 saturated carbocycles. The van der Waals surface area contributed by atoms with Gasteiger partial charge >= 0.3 is 5.97 Å². The minimum absolute atomic E-state index is 0.00963. The molecule has 3 aliphatic rings. The third-order valence-corrected chi connectivity index (χ3v) is 7.41. The number of hydrogen-bond donors (Lipinski definition) is 2. The minimum Gasteiger partial charge on any atom is -0.466 e. The molecule has 6 atom stereocenters. The van der Waals surface area contributed by atoms with Crippen LogP contribution in [0.25, 0.3) is 0 Å². The molecule has 0 aromatic rings. The molecule has 1 spiro atoms. The largest absolute Gasteiger partial charge is 0.466 e. The summed E-state index contributed by atoms with van der Waals surface area (Å²) in [6.45, 7) is 12.2. The van der Waals surface area contributed by atoms with E-state index in [1.54, 1.807) is 11.8 Å². The van der Waals surface area contributed by atoms with E-state index < -0.39 is 40.6 Å². The molecule has 3 saturated heterocycles. The van der Waals surface area contributed by atoms with Crippen molar-refractivity contribution in [2.45, 2.75) is 96.4 Å². The van der Waals surface area contributed by atoms with Crippen LogP contribution in [0, 0.1) is 17.8 Å². The van der Waals surface area contributed by atoms with Crippen LogP contribution in [0.15, 0.2) is 0 Å². The predicted octanol–water partition coefficient (Wildman–Crippen LogP) is 2.03. The highest BCUT2D eigenvalue weighted by atomic mass is 16.6. The molecular formula is C24H40N2O6. The van der Waals surface area contributed by atoms with Gasteiger partial charge in [0.15, 0.2) is 0 Å². The lowest BCUT2D eigenvalue weighted by atomic mass is 9.62. The first-order valence-electron chi connectivity index (χ1n) is 12.0. The normalized spacial score (nSPS) is 35.8. The zero-order valence-electron chi connectivity index (χ0n) is 20.4. The van der Waals surface area contributed by atoms with Gasteiger partial charge in [0.1, 0.15) is 17.6 Å². The monoisotopic (exact) mass is 452 g/mol. The summed E-state index contributed by atoms with van der Waals surface area (Å²) in [7, 11) is 0. The first-order valence-corrected chi connectivity index (χ1v) is 12.0. The highest BCUT2D eigenvalue weighted by Gasteiger charge is 2.80. The highest BCUT2D eigenvalue weighted by molar-refractivity contribution is 5.98. The highest BCUT2D eigenvalue weighted by Crippen LogP contribution is 2.65. The quantitative estimate of drug-likeness (QED) is 0.410. The van der Waals surface area contributed by atoms with Gasteiger partial charge in [-0.25, -0.2) is 0 Å². The third kappa shape index (κ3) is 4.04. The average molecular weight is 453 g/mol. The van der Waals surface area contributed by atoms with Crippen LogP contribution < -0.4 is 5.32 Å². The summed E-state index contributed by atoms with van der Waals surface area (Å²) in [5, 5.41) is 12.1. The maximum Gasteiger partial charge on any atom is 0.312 e. The number of aliphatic hydroxyl groups excluding tert-OH is 1. The van der Waals surface area contributed by atoms with Crippen LogP contribution in [0.5, 0.6) is 0 Å². The zero-order chi connectivity index (χ0) is 23.9. The Kier molecular flexibility index (Phi) is 6.97. The van der Waals surface area contributed by atoms with Crippen LogP contribution in [0.3, 0.4) is 0 Å². The molecule has 0 radical (unpaired) electrons. The van der Waals surface area contributed by atoms with Gasteiger partial charge in [-0.15, -0.1) is 0 Å². The standard InChI is InChI=1S/C24H40N2O6/c1-7-31-21(30)17-16-20(29)26(12-10-8-9-11-13-27)18(19(28)25-22(3,4)5)24(16)14-15(2)23(17,6)32-24/h15-18,27H,7-14H2,1-6H3,(H,25,28)/t15?,16-,17-,18?,23+,24?/m0/s1. The molecule has 8 heteroatoms. The van der Waals surface area contributed by atoms with Gasteiger partial charge < -0.3 is 24.8 Å². The van der Waals surface area contributed by atoms with Crippen molar-refractivity contribution >= 4 is 17.8 Å². The van der Waals surface area contributed by atoms with Crippen molar-refractivity contribution in [2.24, 2.45) is 17.8 Å². The van der Waals surface area contributed by atoms with Crippen LogP contribution in [-0.4, -0.2) is 70.3 Å². The van der Waals surface area contributed by atoms with Gasteiger partial charge in [-0.05, 0) is 59.8 Å². The van der Waals surface area contributed by atoms with E-state index in [0.717, 1.165) is 25.7 Å². The lowest BCUT2D eigenvalue weighted by molar-refractivity contribution is -0.161. The molecule has 3 fully saturated rings. The van der Waals surface area contributed by atoms with Gasteiger partial charge in [-0.3, -0.25) is 14.4 Å². The van der Waals surface area contributed by atoms with E-state index in [1.807, 2.05) is 34.6 Å². The molecule has 2 bridgehead atoms. The van der Waals surface area contributed by atoms with Crippen LogP contribution in [0.2, 0.25) is 0 Å². The smallest absolute Gasteiger partial charge is 0.312 e. The van der Waals surface area contributed by atoms with Gasteiger partial charge in [0.2, 0.25) is 11.8 Å². The number of fused-ring (bicyclic) bond motifs is 1. The molecule has 0 aromatic carbocycles. The fourth-order valence-corrected chi connectivity index (χ4v) is 6.06. The summed E-state index contributed by atoms with van der Waals surface area (Å²) in [6.07, 6.45) is 3.72. The number of nitrogens with zero attached hydrogens (tertiary/aromatic N) is 1. The van der Waals surface area contributed by atoms with E-state index in [0.29, 0.717) is 13.0 Å². The Hall–Kier alpha value is -1.67. The van der Waals surface area contributed by atoms with Crippen LogP contribution >= 0.6 is 0 Å². The summed E-state index contributed by atoms with van der Waals surface area (Å²) in [4.78, 5) is 42.0. The van der Waals surface area contributed by atoms with Crippen molar-refractivity contribution in [1.82, 2.24) is 10.2 Å². The van der Waals surface area contributed by atoms with Crippen LogP contribution in [0.4, 0.5) is 0 Å². The number of unbranched alkanes of at least 4 members (excludes halogenated alkanes) is 3. The van der Waals surface area contributed by atoms with Crippen LogP contribution in [-0.2, 0) is 23.9 Å². The van der Waals surface area contributed by atoms with Gasteiger partial charge in [0, 0.05) is 18.7 Å². The SMILES string of the molecule is CCOC(=O)[C@@H]1[C@H]2C(=O)N(CCCCCCO)C(C(=O)NC(C)(C)C)C23CC(C)[C@@]1(C)O3. The lowest BCUT2D eigenvalue weighted by Crippen LogP contribution is -2.58. The van der Waals surface area contributed by atoms with Crippen molar-refractivity contribution in [3.05, 3.63) is 0 Å². The van der Waals surface area contributed by atoms with Crippen molar-refractivity contribution in [3.63, 3.8) is 0 Å². The van der Waals surface area contributed by atoms with Crippen molar-refractivity contribution in [3.8, 4) is 0 Å². The van der Waals surface area contributed by atoms with Crippen molar-refractivity contribution < 1.29 is 29.0 Å². The molecule has 32 heavy (non-hydrogen) atoms. The molecule has 182 valence electrons. The number of carbonyl (C=O) groups is 3. The molecule has 8 nitrogen and oxygen atoms in total. The molecule has 3 aliphatic heterocycles. The summed E-state index contributed by atoms with van der Waals surface area (Å²) in [5.74, 6) is -2.25. The Labute approximate surface area is 191 Å². The predicted molar refractivity (Wildman–Crippen MR) is 119 cm³/mol. The first-order chi connectivity index (χ1) is 14.9. The average Bonchev–Trinajstić information content (AvgIpc) is 3.18. The second kappa shape index (κ2) is 8.93. The lowest BCUT2D eigenvalue weighted by Gasteiger charge is -2.36. The van der Waals surface area contributed by atoms with E-state index in [-0.39, 0.29) is 30.9 Å². The van der Waals surface area contributed by atoms with E-state index in [4.69, 9.17) is 14.6 Å². The number of esters is 1. The molecule has 2 amide bonds.